The van der Waals surface area contributed by atoms with Crippen LogP contribution in [0.4, 0.5) is 4.39 Å². The lowest BCUT2D eigenvalue weighted by Gasteiger charge is -2.14. The van der Waals surface area contributed by atoms with Crippen LogP contribution in [0.2, 0.25) is 0 Å². The van der Waals surface area contributed by atoms with E-state index >= 15 is 0 Å². The number of alkyl halides is 1. The molecule has 0 amide bonds. The topological polar surface area (TPSA) is 97.7 Å². The molecule has 0 aliphatic carbocycles. The molecule has 2 N–H and O–H groups in total. The second kappa shape index (κ2) is 4.45. The normalized spacial score (nSPS) is 29.7. The van der Waals surface area contributed by atoms with Gasteiger partial charge in [-0.05, 0) is 0 Å². The Labute approximate surface area is 117 Å². The molecule has 8 nitrogen and oxygen atoms in total. The molecule has 1 aliphatic heterocycles. The molecule has 21 heavy (non-hydrogen) atoms. The largest absolute Gasteiger partial charge is 0.394 e. The predicted molar refractivity (Wildman–Crippen MR) is 68.2 cm³/mol. The van der Waals surface area contributed by atoms with Crippen LogP contribution in [0.5, 0.6) is 0 Å². The first kappa shape index (κ1) is 12.6. The van der Waals surface area contributed by atoms with Crippen molar-refractivity contribution in [1.82, 2.24) is 23.9 Å². The van der Waals surface area contributed by atoms with E-state index in [1.165, 1.54) is 10.9 Å². The van der Waals surface area contributed by atoms with Gasteiger partial charge in [0.15, 0.2) is 29.2 Å². The van der Waals surface area contributed by atoms with Gasteiger partial charge in [-0.3, -0.25) is 8.97 Å². The maximum Gasteiger partial charge on any atom is 0.173 e. The van der Waals surface area contributed by atoms with Crippen molar-refractivity contribution in [2.75, 3.05) is 6.61 Å². The van der Waals surface area contributed by atoms with Gasteiger partial charge in [-0.25, -0.2) is 19.3 Å². The predicted octanol–water partition coefficient (Wildman–Crippen LogP) is -0.332. The molecule has 110 valence electrons. The Morgan fingerprint density at radius 2 is 2.10 bits per heavy atom. The monoisotopic (exact) mass is 293 g/mol. The molecule has 1 aliphatic rings. The van der Waals surface area contributed by atoms with E-state index in [4.69, 9.17) is 9.84 Å². The van der Waals surface area contributed by atoms with Gasteiger partial charge < -0.3 is 14.9 Å². The summed E-state index contributed by atoms with van der Waals surface area (Å²) in [7, 11) is 0. The summed E-state index contributed by atoms with van der Waals surface area (Å²) < 4.78 is 22.7. The minimum atomic E-state index is -1.67. The highest BCUT2D eigenvalue weighted by atomic mass is 19.1. The number of ether oxygens (including phenoxy) is 1. The quantitative estimate of drug-likeness (QED) is 0.671. The first-order valence-corrected chi connectivity index (χ1v) is 6.43. The van der Waals surface area contributed by atoms with Gasteiger partial charge in [-0.1, -0.05) is 0 Å². The van der Waals surface area contributed by atoms with Gasteiger partial charge in [0.25, 0.3) is 0 Å². The molecule has 0 bridgehead atoms. The van der Waals surface area contributed by atoms with Crippen molar-refractivity contribution in [3.63, 3.8) is 0 Å². The summed E-state index contributed by atoms with van der Waals surface area (Å²) in [6, 6.07) is 0. The van der Waals surface area contributed by atoms with E-state index in [9.17, 15) is 9.50 Å². The van der Waals surface area contributed by atoms with Crippen LogP contribution in [0.25, 0.3) is 16.8 Å². The third-order valence-corrected chi connectivity index (χ3v) is 3.70. The average molecular weight is 293 g/mol. The summed E-state index contributed by atoms with van der Waals surface area (Å²) in [6.45, 7) is -0.456. The highest BCUT2D eigenvalue weighted by Gasteiger charge is 2.45. The number of halogens is 1. The number of aromatic nitrogens is 5. The molecule has 0 spiro atoms. The number of hydrogen-bond acceptors (Lipinski definition) is 6. The van der Waals surface area contributed by atoms with Crippen molar-refractivity contribution in [1.29, 1.82) is 0 Å². The van der Waals surface area contributed by atoms with E-state index in [0.29, 0.717) is 16.8 Å². The standard InChI is InChI=1S/C12H12FN5O3/c13-7-9(20)6(3-19)21-12(7)18-5-15-8-10-14-1-2-17(10)4-16-11(8)18/h1-2,4-7,9,12,19-20H,3H2/t6-,7-,9-,12-/m1/s1. The second-order valence-corrected chi connectivity index (χ2v) is 4.91. The SMILES string of the molecule is OC[C@H]1O[C@@H](n2cnc3c2ncn2ccnc32)[C@H](F)[C@@H]1O. The van der Waals surface area contributed by atoms with Crippen LogP contribution in [0, 0.1) is 0 Å². The van der Waals surface area contributed by atoms with E-state index in [1.807, 2.05) is 0 Å². The van der Waals surface area contributed by atoms with Crippen LogP contribution in [-0.2, 0) is 4.74 Å². The number of nitrogens with zero attached hydrogens (tertiary/aromatic N) is 5. The number of hydrogen-bond donors (Lipinski definition) is 2. The fourth-order valence-corrected chi connectivity index (χ4v) is 2.61. The van der Waals surface area contributed by atoms with Gasteiger partial charge in [0.05, 0.1) is 12.9 Å². The van der Waals surface area contributed by atoms with Gasteiger partial charge in [-0.2, -0.15) is 0 Å². The van der Waals surface area contributed by atoms with Gasteiger partial charge in [0.1, 0.15) is 18.5 Å². The zero-order valence-corrected chi connectivity index (χ0v) is 10.7. The van der Waals surface area contributed by atoms with Crippen molar-refractivity contribution in [2.24, 2.45) is 0 Å². The van der Waals surface area contributed by atoms with Crippen LogP contribution in [0.3, 0.4) is 0 Å². The summed E-state index contributed by atoms with van der Waals surface area (Å²) in [5.74, 6) is 0. The Hall–Kier alpha value is -2.10. The molecule has 0 saturated carbocycles. The number of aliphatic hydroxyl groups excluding tert-OH is 2. The molecular weight excluding hydrogens is 281 g/mol. The molecule has 4 rings (SSSR count). The van der Waals surface area contributed by atoms with E-state index in [-0.39, 0.29) is 0 Å². The van der Waals surface area contributed by atoms with E-state index in [2.05, 4.69) is 15.0 Å². The highest BCUT2D eigenvalue weighted by Crippen LogP contribution is 2.33. The molecule has 9 heteroatoms. The van der Waals surface area contributed by atoms with Crippen LogP contribution in [0.15, 0.2) is 25.0 Å². The molecule has 1 saturated heterocycles. The number of imidazole rings is 2. The minimum Gasteiger partial charge on any atom is -0.394 e. The fourth-order valence-electron chi connectivity index (χ4n) is 2.61. The molecular formula is C12H12FN5O3. The third-order valence-electron chi connectivity index (χ3n) is 3.70. The Kier molecular flexibility index (Phi) is 2.67. The number of fused-ring (bicyclic) bond motifs is 3. The van der Waals surface area contributed by atoms with Gasteiger partial charge in [0, 0.05) is 12.4 Å². The maximum atomic E-state index is 14.2. The Morgan fingerprint density at radius 1 is 1.24 bits per heavy atom. The molecule has 1 fully saturated rings. The number of rotatable bonds is 2. The third kappa shape index (κ3) is 1.68. The molecule has 0 radical (unpaired) electrons. The van der Waals surface area contributed by atoms with Crippen molar-refractivity contribution in [3.05, 3.63) is 25.0 Å². The first-order valence-electron chi connectivity index (χ1n) is 6.43. The summed E-state index contributed by atoms with van der Waals surface area (Å²) >= 11 is 0. The lowest BCUT2D eigenvalue weighted by atomic mass is 10.1. The zero-order valence-electron chi connectivity index (χ0n) is 10.7. The van der Waals surface area contributed by atoms with Crippen molar-refractivity contribution >= 4 is 16.8 Å². The Bertz CT molecular complexity index is 802. The van der Waals surface area contributed by atoms with Gasteiger partial charge >= 0.3 is 0 Å². The van der Waals surface area contributed by atoms with Crippen molar-refractivity contribution in [2.45, 2.75) is 24.6 Å². The molecule has 3 aromatic heterocycles. The van der Waals surface area contributed by atoms with Crippen LogP contribution in [-0.4, -0.2) is 59.1 Å². The number of aliphatic hydroxyl groups is 2. The lowest BCUT2D eigenvalue weighted by molar-refractivity contribution is -0.0459. The van der Waals surface area contributed by atoms with E-state index < -0.39 is 31.2 Å². The Balaban J connectivity index is 1.84. The molecule has 4 heterocycles. The zero-order chi connectivity index (χ0) is 14.6. The van der Waals surface area contributed by atoms with E-state index in [0.717, 1.165) is 0 Å². The Morgan fingerprint density at radius 3 is 2.86 bits per heavy atom. The van der Waals surface area contributed by atoms with Crippen LogP contribution >= 0.6 is 0 Å². The smallest absolute Gasteiger partial charge is 0.173 e. The fraction of sp³-hybridized carbons (Fsp3) is 0.417. The molecule has 0 aromatic carbocycles. The van der Waals surface area contributed by atoms with Crippen LogP contribution < -0.4 is 0 Å². The van der Waals surface area contributed by atoms with Crippen molar-refractivity contribution in [3.8, 4) is 0 Å². The highest BCUT2D eigenvalue weighted by molar-refractivity contribution is 5.85. The first-order chi connectivity index (χ1) is 10.2. The van der Waals surface area contributed by atoms with Gasteiger partial charge in [-0.15, -0.1) is 0 Å². The summed E-state index contributed by atoms with van der Waals surface area (Å²) in [5.41, 5.74) is 1.53. The summed E-state index contributed by atoms with van der Waals surface area (Å²) in [5, 5.41) is 18.8. The second-order valence-electron chi connectivity index (χ2n) is 4.91. The summed E-state index contributed by atoms with van der Waals surface area (Å²) in [4.78, 5) is 12.6. The minimum absolute atomic E-state index is 0.409. The van der Waals surface area contributed by atoms with Gasteiger partial charge in [0.2, 0.25) is 0 Å². The molecule has 4 atom stereocenters. The molecule has 3 aromatic rings. The molecule has 0 unspecified atom stereocenters. The average Bonchev–Trinajstić information content (AvgIpc) is 3.17. The maximum absolute atomic E-state index is 14.2. The lowest BCUT2D eigenvalue weighted by Crippen LogP contribution is -2.30. The van der Waals surface area contributed by atoms with Crippen LogP contribution in [0.1, 0.15) is 6.23 Å². The summed E-state index contributed by atoms with van der Waals surface area (Å²) in [6.07, 6.45) is 1.21. The van der Waals surface area contributed by atoms with E-state index in [1.54, 1.807) is 23.1 Å². The van der Waals surface area contributed by atoms with Crippen molar-refractivity contribution < 1.29 is 19.3 Å².